The van der Waals surface area contributed by atoms with E-state index in [9.17, 15) is 31.5 Å². The third-order valence-corrected chi connectivity index (χ3v) is 9.37. The van der Waals surface area contributed by atoms with Crippen molar-refractivity contribution in [1.82, 2.24) is 9.88 Å². The van der Waals surface area contributed by atoms with Crippen molar-refractivity contribution in [3.8, 4) is 0 Å². The number of nitrogens with one attached hydrogen (secondary N) is 3. The van der Waals surface area contributed by atoms with Gasteiger partial charge in [-0.1, -0.05) is 60.7 Å². The minimum Gasteiger partial charge on any atom is -0.475 e. The van der Waals surface area contributed by atoms with E-state index in [0.29, 0.717) is 30.1 Å². The molecular weight excluding hydrogens is 714 g/mol. The Bertz CT molecular complexity index is 2070. The minimum absolute atomic E-state index is 0.0246. The first-order chi connectivity index (χ1) is 25.0. The molecule has 0 aliphatic rings. The van der Waals surface area contributed by atoms with Crippen molar-refractivity contribution in [1.29, 1.82) is 0 Å². The number of sulfonamides is 1. The van der Waals surface area contributed by atoms with Crippen LogP contribution >= 0.6 is 0 Å². The Hall–Kier alpha value is -5.22. The second-order valence-electron chi connectivity index (χ2n) is 12.7. The van der Waals surface area contributed by atoms with Crippen LogP contribution in [0.5, 0.6) is 0 Å². The Kier molecular flexibility index (Phi) is 13.8. The Morgan fingerprint density at radius 1 is 0.868 bits per heavy atom. The van der Waals surface area contributed by atoms with Crippen LogP contribution in [-0.2, 0) is 37.5 Å². The lowest BCUT2D eigenvalue weighted by molar-refractivity contribution is -0.192. The molecule has 53 heavy (non-hydrogen) atoms. The van der Waals surface area contributed by atoms with Crippen molar-refractivity contribution < 1.29 is 46.1 Å². The number of carbonyl (C=O) groups is 2. The summed E-state index contributed by atoms with van der Waals surface area (Å²) >= 11 is 0. The number of aryl methyl sites for hydroxylation is 1. The summed E-state index contributed by atoms with van der Waals surface area (Å²) in [5.74, 6) is -2.96. The molecule has 5 rings (SSSR count). The molecule has 4 aromatic carbocycles. The second-order valence-corrected chi connectivity index (χ2v) is 14.4. The number of fused-ring (bicyclic) bond motifs is 1. The molecule has 0 fully saturated rings. The number of hydrogen-bond donors (Lipinski definition) is 5. The smallest absolute Gasteiger partial charge is 0.475 e. The first-order valence-electron chi connectivity index (χ1n) is 16.4. The molecule has 5 N–H and O–H groups in total. The van der Waals surface area contributed by atoms with Crippen LogP contribution in [0.3, 0.4) is 0 Å². The van der Waals surface area contributed by atoms with Gasteiger partial charge in [-0.15, -0.1) is 0 Å². The third-order valence-electron chi connectivity index (χ3n) is 7.97. The Morgan fingerprint density at radius 3 is 2.19 bits per heavy atom. The molecule has 0 saturated carbocycles. The molecule has 0 unspecified atom stereocenters. The van der Waals surface area contributed by atoms with Crippen LogP contribution in [0.25, 0.3) is 10.9 Å². The fourth-order valence-corrected chi connectivity index (χ4v) is 6.18. The number of carbonyl (C=O) groups excluding carboxylic acids is 1. The van der Waals surface area contributed by atoms with Gasteiger partial charge in [0.15, 0.2) is 0 Å². The molecular formula is C38H41F3N4O7S. The number of carboxylic acid groups (broad SMARTS) is 1. The lowest BCUT2D eigenvalue weighted by atomic mass is 9.99. The topological polar surface area (TPSA) is 159 Å². The second kappa shape index (κ2) is 18.0. The number of alkyl halides is 3. The van der Waals surface area contributed by atoms with Gasteiger partial charge in [-0.2, -0.15) is 13.2 Å². The number of aromatic nitrogens is 1. The van der Waals surface area contributed by atoms with E-state index in [1.165, 1.54) is 12.1 Å². The molecule has 15 heteroatoms. The van der Waals surface area contributed by atoms with Gasteiger partial charge in [-0.05, 0) is 79.9 Å². The van der Waals surface area contributed by atoms with Gasteiger partial charge in [-0.25, -0.2) is 13.2 Å². The van der Waals surface area contributed by atoms with Crippen molar-refractivity contribution in [3.63, 3.8) is 0 Å². The summed E-state index contributed by atoms with van der Waals surface area (Å²) in [6.07, 6.45) is -3.09. The van der Waals surface area contributed by atoms with E-state index < -0.39 is 28.3 Å². The molecule has 0 radical (unpaired) electrons. The number of halogens is 3. The number of β-amino-alcohol motifs (C(OH)–C–C–N with tert-alkyl or cyclic N) is 1. The van der Waals surface area contributed by atoms with Gasteiger partial charge in [0.1, 0.15) is 6.61 Å². The normalized spacial score (nSPS) is 12.4. The molecule has 1 atom stereocenters. The fraction of sp³-hybridized carbons (Fsp3) is 0.263. The summed E-state index contributed by atoms with van der Waals surface area (Å²) in [7, 11) is -3.73. The van der Waals surface area contributed by atoms with Gasteiger partial charge in [0.05, 0.1) is 17.6 Å². The Balaban J connectivity index is 0.000000815. The van der Waals surface area contributed by atoms with Gasteiger partial charge < -0.3 is 30.2 Å². The van der Waals surface area contributed by atoms with Crippen molar-refractivity contribution >= 4 is 44.2 Å². The number of benzene rings is 4. The van der Waals surface area contributed by atoms with Gasteiger partial charge in [0, 0.05) is 47.1 Å². The standard InChI is InChI=1S/C36H40N4O5S.C2HF3O2/c1-36(2,37-24-34(41)29-12-9-13-31(23-29)39-46(43,44)32-14-7-4-8-15-32)19-21-40-20-18-28-22-30(16-17-33(28)40)38-35(42)26-45-25-27-10-5-3-6-11-27;3-2(4,5)1(6)7/h3-18,20,22-23,34,37,39,41H,19,21,24-26H2,1-2H3,(H,38,42);(H,6,7)/t34-;/m0./s1. The van der Waals surface area contributed by atoms with E-state index in [2.05, 4.69) is 33.8 Å². The number of amides is 1. The average molecular weight is 755 g/mol. The Labute approximate surface area is 305 Å². The summed E-state index contributed by atoms with van der Waals surface area (Å²) in [6, 6.07) is 32.6. The van der Waals surface area contributed by atoms with E-state index in [1.54, 1.807) is 42.5 Å². The number of anilines is 2. The van der Waals surface area contributed by atoms with Crippen molar-refractivity contribution in [2.75, 3.05) is 23.2 Å². The minimum atomic E-state index is -5.08. The molecule has 0 saturated heterocycles. The monoisotopic (exact) mass is 754 g/mol. The summed E-state index contributed by atoms with van der Waals surface area (Å²) in [5.41, 5.74) is 3.49. The molecule has 1 aromatic heterocycles. The lowest BCUT2D eigenvalue weighted by Gasteiger charge is -2.28. The van der Waals surface area contributed by atoms with Crippen molar-refractivity contribution in [2.45, 2.75) is 56.1 Å². The van der Waals surface area contributed by atoms with Gasteiger partial charge in [-0.3, -0.25) is 9.52 Å². The van der Waals surface area contributed by atoms with Crippen LogP contribution in [-0.4, -0.2) is 59.9 Å². The Morgan fingerprint density at radius 2 is 1.53 bits per heavy atom. The zero-order valence-electron chi connectivity index (χ0n) is 29.0. The zero-order chi connectivity index (χ0) is 38.6. The molecule has 1 heterocycles. The highest BCUT2D eigenvalue weighted by Gasteiger charge is 2.38. The maximum absolute atomic E-state index is 12.7. The molecule has 0 aliphatic carbocycles. The van der Waals surface area contributed by atoms with E-state index in [1.807, 2.05) is 60.8 Å². The summed E-state index contributed by atoms with van der Waals surface area (Å²) in [4.78, 5) is 21.5. The average Bonchev–Trinajstić information content (AvgIpc) is 3.52. The van der Waals surface area contributed by atoms with E-state index in [0.717, 1.165) is 29.4 Å². The van der Waals surface area contributed by atoms with E-state index >= 15 is 0 Å². The number of nitrogens with zero attached hydrogens (tertiary/aromatic N) is 1. The largest absolute Gasteiger partial charge is 0.490 e. The zero-order valence-corrected chi connectivity index (χ0v) is 29.8. The van der Waals surface area contributed by atoms with Gasteiger partial charge >= 0.3 is 12.1 Å². The van der Waals surface area contributed by atoms with Crippen LogP contribution in [0.1, 0.15) is 37.5 Å². The molecule has 0 bridgehead atoms. The summed E-state index contributed by atoms with van der Waals surface area (Å²) < 4.78 is 67.5. The van der Waals surface area contributed by atoms with E-state index in [-0.39, 0.29) is 22.9 Å². The maximum atomic E-state index is 12.7. The van der Waals surface area contributed by atoms with Crippen LogP contribution in [0.4, 0.5) is 24.5 Å². The number of rotatable bonds is 15. The molecule has 282 valence electrons. The summed E-state index contributed by atoms with van der Waals surface area (Å²) in [5, 5.41) is 25.4. The predicted octanol–water partition coefficient (Wildman–Crippen LogP) is 6.72. The predicted molar refractivity (Wildman–Crippen MR) is 196 cm³/mol. The van der Waals surface area contributed by atoms with Crippen LogP contribution in [0.15, 0.2) is 120 Å². The third kappa shape index (κ3) is 12.7. The van der Waals surface area contributed by atoms with Gasteiger partial charge in [0.2, 0.25) is 5.91 Å². The fourth-order valence-electron chi connectivity index (χ4n) is 5.11. The number of hydrogen-bond acceptors (Lipinski definition) is 7. The first kappa shape index (κ1) is 40.5. The van der Waals surface area contributed by atoms with Crippen LogP contribution in [0, 0.1) is 0 Å². The quantitative estimate of drug-likeness (QED) is 0.0788. The van der Waals surface area contributed by atoms with Gasteiger partial charge in [0.25, 0.3) is 10.0 Å². The molecule has 0 aliphatic heterocycles. The highest BCUT2D eigenvalue weighted by Crippen LogP contribution is 2.24. The number of carboxylic acids is 1. The maximum Gasteiger partial charge on any atom is 0.490 e. The number of ether oxygens (including phenoxy) is 1. The lowest BCUT2D eigenvalue weighted by Crippen LogP contribution is -2.42. The van der Waals surface area contributed by atoms with Crippen molar-refractivity contribution in [2.24, 2.45) is 0 Å². The SMILES string of the molecule is CC(C)(CCn1ccc2cc(NC(=O)COCc3ccccc3)ccc21)NC[C@H](O)c1cccc(NS(=O)(=O)c2ccccc2)c1.O=C(O)C(F)(F)F. The van der Waals surface area contributed by atoms with Crippen LogP contribution in [0.2, 0.25) is 0 Å². The number of aliphatic hydroxyl groups is 1. The first-order valence-corrected chi connectivity index (χ1v) is 17.9. The number of aliphatic carboxylic acids is 1. The molecule has 0 spiro atoms. The van der Waals surface area contributed by atoms with Crippen LogP contribution < -0.4 is 15.4 Å². The summed E-state index contributed by atoms with van der Waals surface area (Å²) in [6.45, 7) is 5.57. The highest BCUT2D eigenvalue weighted by molar-refractivity contribution is 7.92. The highest BCUT2D eigenvalue weighted by atomic mass is 32.2. The molecule has 1 amide bonds. The van der Waals surface area contributed by atoms with Crippen molar-refractivity contribution in [3.05, 3.63) is 127 Å². The number of aliphatic hydroxyl groups excluding tert-OH is 1. The molecule has 11 nitrogen and oxygen atoms in total. The molecule has 5 aromatic rings. The van der Waals surface area contributed by atoms with E-state index in [4.69, 9.17) is 14.6 Å².